The number of benzene rings is 6. The lowest BCUT2D eigenvalue weighted by atomic mass is 9.80. The summed E-state index contributed by atoms with van der Waals surface area (Å²) in [4.78, 5) is 1.55. The molecule has 38 heavy (non-hydrogen) atoms. The predicted octanol–water partition coefficient (Wildman–Crippen LogP) is 7.32. The normalized spacial score (nSPS) is 14.2. The lowest BCUT2D eigenvalue weighted by molar-refractivity contribution is 0.426. The third-order valence-corrected chi connectivity index (χ3v) is 6.26. The quantitative estimate of drug-likeness (QED) is 0.236. The van der Waals surface area contributed by atoms with Crippen molar-refractivity contribution in [3.8, 4) is 22.3 Å². The van der Waals surface area contributed by atoms with Crippen LogP contribution in [0.2, 0.25) is 0 Å². The average molecular weight is 500 g/mol. The van der Waals surface area contributed by atoms with Crippen LogP contribution in [0.1, 0.15) is 12.3 Å². The van der Waals surface area contributed by atoms with E-state index in [1.807, 2.05) is 54.6 Å². The highest BCUT2D eigenvalue weighted by atomic mass is 16.4. The molecule has 0 aliphatic carbocycles. The number of fused-ring (bicyclic) bond motifs is 1. The summed E-state index contributed by atoms with van der Waals surface area (Å²) in [5, 5.41) is 21.4. The van der Waals surface area contributed by atoms with E-state index >= 15 is 0 Å². The van der Waals surface area contributed by atoms with Crippen molar-refractivity contribution in [3.05, 3.63) is 145 Å². The molecule has 182 valence electrons. The minimum absolute atomic E-state index is 0.152. The van der Waals surface area contributed by atoms with Gasteiger partial charge in [0, 0.05) is 16.9 Å². The zero-order valence-electron chi connectivity index (χ0n) is 29.1. The Labute approximate surface area is 235 Å². The van der Waals surface area contributed by atoms with Crippen LogP contribution >= 0.6 is 0 Å². The third-order valence-electron chi connectivity index (χ3n) is 6.26. The number of nitrogens with zero attached hydrogens (tertiary/aromatic N) is 1. The van der Waals surface area contributed by atoms with Gasteiger partial charge < -0.3 is 14.9 Å². The van der Waals surface area contributed by atoms with Crippen LogP contribution in [0, 0.1) is 0 Å². The van der Waals surface area contributed by atoms with Gasteiger partial charge >= 0.3 is 7.12 Å². The molecule has 6 aromatic rings. The zero-order chi connectivity index (χ0) is 33.7. The molecule has 0 unspecified atom stereocenters. The number of rotatable bonds is 6. The van der Waals surface area contributed by atoms with E-state index in [4.69, 9.17) is 9.60 Å². The summed E-state index contributed by atoms with van der Waals surface area (Å²) < 4.78 is 77.5. The SMILES string of the molecule is [2H]c1c([2H])c([2H])c(-c2c([2H])c([2H])c(N(c3ccc(B(O)O)cc3)c3ccccc3-c3cccc4ccccc34)c([2H])c2[2H])c([2H])c1[2H]. The summed E-state index contributed by atoms with van der Waals surface area (Å²) in [7, 11) is -1.74. The number of para-hydroxylation sites is 1. The first-order chi connectivity index (χ1) is 22.4. The second-order valence-electron chi connectivity index (χ2n) is 8.57. The van der Waals surface area contributed by atoms with E-state index < -0.39 is 72.6 Å². The van der Waals surface area contributed by atoms with Crippen LogP contribution in [0.4, 0.5) is 17.1 Å². The molecule has 4 heteroatoms. The smallest absolute Gasteiger partial charge is 0.423 e. The van der Waals surface area contributed by atoms with Gasteiger partial charge in [0.15, 0.2) is 0 Å². The van der Waals surface area contributed by atoms with Crippen molar-refractivity contribution in [1.82, 2.24) is 0 Å². The summed E-state index contributed by atoms with van der Waals surface area (Å²) >= 11 is 0. The lowest BCUT2D eigenvalue weighted by Crippen LogP contribution is -2.29. The fourth-order valence-electron chi connectivity index (χ4n) is 4.46. The van der Waals surface area contributed by atoms with Crippen LogP contribution in [-0.2, 0) is 0 Å². The van der Waals surface area contributed by atoms with Crippen molar-refractivity contribution in [3.63, 3.8) is 0 Å². The number of hydrogen-bond acceptors (Lipinski definition) is 3. The standard InChI is InChI=1S/C34H26BNO2/c37-35(38)28-19-23-30(24-20-28)36(29-21-17-26(18-22-29)25-9-2-1-3-10-25)34-16-7-6-14-33(34)32-15-8-12-27-11-4-5-13-31(27)32/h1-24,37-38H/i1D,2D,3D,9D,10D,17D,18D,21D,22D. The van der Waals surface area contributed by atoms with Crippen LogP contribution in [0.15, 0.2) is 145 Å². The van der Waals surface area contributed by atoms with Crippen LogP contribution in [0.25, 0.3) is 33.0 Å². The summed E-state index contributed by atoms with van der Waals surface area (Å²) in [6.45, 7) is 0. The Hall–Kier alpha value is -4.64. The van der Waals surface area contributed by atoms with Crippen LogP contribution in [-0.4, -0.2) is 17.2 Å². The minimum Gasteiger partial charge on any atom is -0.423 e. The van der Waals surface area contributed by atoms with Crippen molar-refractivity contribution in [2.24, 2.45) is 0 Å². The van der Waals surface area contributed by atoms with Gasteiger partial charge in [-0.15, -0.1) is 0 Å². The molecule has 6 rings (SSSR count). The largest absolute Gasteiger partial charge is 0.488 e. The first-order valence-electron chi connectivity index (χ1n) is 16.4. The Morgan fingerprint density at radius 3 is 1.95 bits per heavy atom. The van der Waals surface area contributed by atoms with E-state index in [1.165, 1.54) is 12.1 Å². The first kappa shape index (κ1) is 15.6. The molecule has 0 amide bonds. The Morgan fingerprint density at radius 2 is 1.18 bits per heavy atom. The third kappa shape index (κ3) is 4.59. The maximum absolute atomic E-state index is 9.74. The van der Waals surface area contributed by atoms with Gasteiger partial charge in [0.25, 0.3) is 0 Å². The fourth-order valence-corrected chi connectivity index (χ4v) is 4.46. The monoisotopic (exact) mass is 500 g/mol. The molecule has 0 saturated carbocycles. The molecule has 0 atom stereocenters. The van der Waals surface area contributed by atoms with Crippen molar-refractivity contribution in [1.29, 1.82) is 0 Å². The molecular formula is C34H26BNO2. The van der Waals surface area contributed by atoms with Crippen LogP contribution in [0.5, 0.6) is 0 Å². The van der Waals surface area contributed by atoms with Crippen LogP contribution < -0.4 is 10.4 Å². The highest BCUT2D eigenvalue weighted by molar-refractivity contribution is 6.58. The molecule has 0 aromatic heterocycles. The molecule has 0 bridgehead atoms. The topological polar surface area (TPSA) is 43.7 Å². The van der Waals surface area contributed by atoms with E-state index in [0.717, 1.165) is 16.3 Å². The molecular weight excluding hydrogens is 465 g/mol. The molecule has 0 fully saturated rings. The van der Waals surface area contributed by atoms with Gasteiger partial charge in [-0.1, -0.05) is 115 Å². The summed E-state index contributed by atoms with van der Waals surface area (Å²) in [6.07, 6.45) is 0. The Bertz CT molecular complexity index is 2130. The van der Waals surface area contributed by atoms with Crippen molar-refractivity contribution < 1.29 is 22.4 Å². The first-order valence-corrected chi connectivity index (χ1v) is 11.9. The molecule has 0 spiro atoms. The van der Waals surface area contributed by atoms with Crippen molar-refractivity contribution >= 4 is 40.4 Å². The van der Waals surface area contributed by atoms with Crippen molar-refractivity contribution in [2.75, 3.05) is 4.90 Å². The molecule has 0 aliphatic rings. The molecule has 0 saturated heterocycles. The minimum atomic E-state index is -1.74. The molecule has 2 N–H and O–H groups in total. The zero-order valence-corrected chi connectivity index (χ0v) is 20.1. The molecule has 0 aliphatic heterocycles. The van der Waals surface area contributed by atoms with E-state index in [9.17, 15) is 12.8 Å². The van der Waals surface area contributed by atoms with Gasteiger partial charge in [0.05, 0.1) is 18.0 Å². The maximum atomic E-state index is 9.74. The second-order valence-corrected chi connectivity index (χ2v) is 8.57. The summed E-state index contributed by atoms with van der Waals surface area (Å²) in [5.41, 5.74) is 1.65. The van der Waals surface area contributed by atoms with E-state index in [-0.39, 0.29) is 11.2 Å². The predicted molar refractivity (Wildman–Crippen MR) is 159 cm³/mol. The fraction of sp³-hybridized carbons (Fsp3) is 0. The summed E-state index contributed by atoms with van der Waals surface area (Å²) in [6, 6.07) is 21.6. The highest BCUT2D eigenvalue weighted by Crippen LogP contribution is 2.42. The Kier molecular flexibility index (Phi) is 4.26. The molecule has 6 aromatic carbocycles. The highest BCUT2D eigenvalue weighted by Gasteiger charge is 2.19. The lowest BCUT2D eigenvalue weighted by Gasteiger charge is -2.28. The second kappa shape index (κ2) is 10.4. The Morgan fingerprint density at radius 1 is 0.553 bits per heavy atom. The Balaban J connectivity index is 1.68. The van der Waals surface area contributed by atoms with Gasteiger partial charge in [-0.25, -0.2) is 0 Å². The van der Waals surface area contributed by atoms with Gasteiger partial charge in [0.2, 0.25) is 0 Å². The average Bonchev–Trinajstić information content (AvgIpc) is 3.09. The van der Waals surface area contributed by atoms with Crippen LogP contribution in [0.3, 0.4) is 0 Å². The van der Waals surface area contributed by atoms with Gasteiger partial charge in [-0.3, -0.25) is 0 Å². The van der Waals surface area contributed by atoms with Crippen molar-refractivity contribution in [2.45, 2.75) is 0 Å². The maximum Gasteiger partial charge on any atom is 0.488 e. The molecule has 0 radical (unpaired) electrons. The molecule has 3 nitrogen and oxygen atoms in total. The molecule has 0 heterocycles. The number of anilines is 3. The number of hydrogen-bond donors (Lipinski definition) is 2. The van der Waals surface area contributed by atoms with E-state index in [0.29, 0.717) is 16.9 Å². The van der Waals surface area contributed by atoms with E-state index in [2.05, 4.69) is 0 Å². The van der Waals surface area contributed by atoms with E-state index in [1.54, 1.807) is 29.2 Å². The van der Waals surface area contributed by atoms with Gasteiger partial charge in [0.1, 0.15) is 0 Å². The van der Waals surface area contributed by atoms with Gasteiger partial charge in [-0.2, -0.15) is 0 Å². The van der Waals surface area contributed by atoms with Gasteiger partial charge in [-0.05, 0) is 63.2 Å². The summed E-state index contributed by atoms with van der Waals surface area (Å²) in [5.74, 6) is 0.